The molecule has 7 atom stereocenters. The van der Waals surface area contributed by atoms with E-state index in [-0.39, 0.29) is 0 Å². The Hall–Kier alpha value is -0.0400. The van der Waals surface area contributed by atoms with Crippen molar-refractivity contribution in [2.24, 2.45) is 41.4 Å². The van der Waals surface area contributed by atoms with E-state index in [0.29, 0.717) is 6.61 Å². The quantitative estimate of drug-likeness (QED) is 0.622. The summed E-state index contributed by atoms with van der Waals surface area (Å²) in [5.41, 5.74) is 0. The minimum absolute atomic E-state index is 0.384. The van der Waals surface area contributed by atoms with Crippen LogP contribution in [-0.2, 0) is 0 Å². The highest BCUT2D eigenvalue weighted by atomic mass is 16.2. The van der Waals surface area contributed by atoms with Gasteiger partial charge >= 0.3 is 0 Å². The van der Waals surface area contributed by atoms with Crippen molar-refractivity contribution in [1.82, 2.24) is 0 Å². The standard InChI is InChI=1S/C20H34O/c21-12-6-4-2-1-3-5-7-14-8-9-17-18(13-14)20-16-11-10-15(16)19(17)20/h14-21H,1-13H2/t14-,15-,16+,17+,18-,19-,20+/m1/s1. The van der Waals surface area contributed by atoms with E-state index in [4.69, 9.17) is 5.11 Å². The Morgan fingerprint density at radius 2 is 1.19 bits per heavy atom. The summed E-state index contributed by atoms with van der Waals surface area (Å²) in [6.45, 7) is 0.384. The lowest BCUT2D eigenvalue weighted by Gasteiger charge is -2.74. The van der Waals surface area contributed by atoms with E-state index in [1.54, 1.807) is 32.1 Å². The molecule has 4 fully saturated rings. The number of aliphatic hydroxyl groups excluding tert-OH is 1. The molecule has 0 aromatic heterocycles. The summed E-state index contributed by atoms with van der Waals surface area (Å²) >= 11 is 0. The highest BCUT2D eigenvalue weighted by Crippen LogP contribution is 2.74. The van der Waals surface area contributed by atoms with Gasteiger partial charge in [0.25, 0.3) is 0 Å². The Balaban J connectivity index is 1.11. The van der Waals surface area contributed by atoms with Crippen LogP contribution in [0.5, 0.6) is 0 Å². The average Bonchev–Trinajstić information content (AvgIpc) is 2.48. The number of unbranched alkanes of at least 4 members (excludes halogenated alkanes) is 5. The van der Waals surface area contributed by atoms with Gasteiger partial charge in [-0.15, -0.1) is 0 Å². The molecule has 1 nitrogen and oxygen atoms in total. The van der Waals surface area contributed by atoms with Gasteiger partial charge in [-0.25, -0.2) is 0 Å². The van der Waals surface area contributed by atoms with Crippen molar-refractivity contribution in [3.05, 3.63) is 0 Å². The molecule has 21 heavy (non-hydrogen) atoms. The molecule has 4 aliphatic carbocycles. The molecule has 0 spiro atoms. The third-order valence-electron chi connectivity index (χ3n) is 7.89. The molecule has 0 heterocycles. The number of rotatable bonds is 8. The summed E-state index contributed by atoms with van der Waals surface area (Å²) in [6.07, 6.45) is 17.4. The topological polar surface area (TPSA) is 20.2 Å². The zero-order chi connectivity index (χ0) is 14.2. The summed E-state index contributed by atoms with van der Waals surface area (Å²) in [6, 6.07) is 0. The lowest BCUT2D eigenvalue weighted by Crippen LogP contribution is -2.69. The largest absolute Gasteiger partial charge is 0.396 e. The van der Waals surface area contributed by atoms with E-state index >= 15 is 0 Å². The highest BCUT2D eigenvalue weighted by molar-refractivity contribution is 5.16. The minimum atomic E-state index is 0.384. The van der Waals surface area contributed by atoms with Crippen molar-refractivity contribution in [1.29, 1.82) is 0 Å². The van der Waals surface area contributed by atoms with Crippen LogP contribution in [0.3, 0.4) is 0 Å². The van der Waals surface area contributed by atoms with E-state index in [0.717, 1.165) is 12.3 Å². The second-order valence-electron chi connectivity index (χ2n) is 8.70. The van der Waals surface area contributed by atoms with Crippen LogP contribution in [0.4, 0.5) is 0 Å². The molecule has 0 aromatic rings. The van der Waals surface area contributed by atoms with Gasteiger partial charge in [0.2, 0.25) is 0 Å². The fourth-order valence-electron chi connectivity index (χ4n) is 6.75. The van der Waals surface area contributed by atoms with Crippen LogP contribution in [0.25, 0.3) is 0 Å². The lowest BCUT2D eigenvalue weighted by atomic mass is 9.30. The van der Waals surface area contributed by atoms with Gasteiger partial charge in [0.15, 0.2) is 0 Å². The fraction of sp³-hybridized carbons (Fsp3) is 1.00. The first-order valence-corrected chi connectivity index (χ1v) is 10.0. The first-order valence-electron chi connectivity index (χ1n) is 10.0. The van der Waals surface area contributed by atoms with Crippen LogP contribution in [0.15, 0.2) is 0 Å². The Labute approximate surface area is 130 Å². The summed E-state index contributed by atoms with van der Waals surface area (Å²) in [7, 11) is 0. The van der Waals surface area contributed by atoms with Crippen molar-refractivity contribution in [3.8, 4) is 0 Å². The van der Waals surface area contributed by atoms with Gasteiger partial charge < -0.3 is 5.11 Å². The molecule has 0 saturated heterocycles. The number of fused-ring (bicyclic) bond motifs is 7. The SMILES string of the molecule is OCCCCCCCC[C@@H]1CC[C@H]2[C@@H](C1)[C@@H]1[C@H]3CC[C@H]3[C@H]21. The third kappa shape index (κ3) is 2.48. The smallest absolute Gasteiger partial charge is 0.0431 e. The maximum atomic E-state index is 8.77. The number of hydrogen-bond acceptors (Lipinski definition) is 1. The van der Waals surface area contributed by atoms with Crippen molar-refractivity contribution >= 4 is 0 Å². The molecule has 4 rings (SSSR count). The second kappa shape index (κ2) is 6.22. The van der Waals surface area contributed by atoms with Crippen LogP contribution >= 0.6 is 0 Å². The molecule has 0 aromatic carbocycles. The van der Waals surface area contributed by atoms with E-state index in [1.807, 2.05) is 0 Å². The zero-order valence-electron chi connectivity index (χ0n) is 13.7. The highest BCUT2D eigenvalue weighted by Gasteiger charge is 2.68. The van der Waals surface area contributed by atoms with Gasteiger partial charge in [0, 0.05) is 6.61 Å². The molecule has 0 radical (unpaired) electrons. The molecule has 120 valence electrons. The molecule has 0 aliphatic heterocycles. The number of aliphatic hydroxyl groups is 1. The Morgan fingerprint density at radius 3 is 1.90 bits per heavy atom. The first kappa shape index (κ1) is 14.5. The van der Waals surface area contributed by atoms with Crippen molar-refractivity contribution in [2.45, 2.75) is 77.0 Å². The molecule has 0 amide bonds. The molecule has 1 N–H and O–H groups in total. The molecular weight excluding hydrogens is 256 g/mol. The van der Waals surface area contributed by atoms with Crippen LogP contribution in [0.1, 0.15) is 77.0 Å². The van der Waals surface area contributed by atoms with Gasteiger partial charge in [-0.3, -0.25) is 0 Å². The lowest BCUT2D eigenvalue weighted by molar-refractivity contribution is -0.264. The van der Waals surface area contributed by atoms with Crippen LogP contribution in [0.2, 0.25) is 0 Å². The summed E-state index contributed by atoms with van der Waals surface area (Å²) in [5.74, 6) is 8.32. The van der Waals surface area contributed by atoms with E-state index < -0.39 is 0 Å². The normalized spacial score (nSPS) is 46.4. The van der Waals surface area contributed by atoms with Gasteiger partial charge in [0.05, 0.1) is 0 Å². The van der Waals surface area contributed by atoms with Crippen molar-refractivity contribution in [3.63, 3.8) is 0 Å². The summed E-state index contributed by atoms with van der Waals surface area (Å²) in [5, 5.41) is 8.77. The van der Waals surface area contributed by atoms with Gasteiger partial charge in [0.1, 0.15) is 0 Å². The van der Waals surface area contributed by atoms with Crippen molar-refractivity contribution < 1.29 is 5.11 Å². The molecule has 0 bridgehead atoms. The second-order valence-corrected chi connectivity index (χ2v) is 8.70. The van der Waals surface area contributed by atoms with Gasteiger partial charge in [-0.2, -0.15) is 0 Å². The molecule has 4 saturated carbocycles. The average molecular weight is 290 g/mol. The zero-order valence-corrected chi connectivity index (χ0v) is 13.7. The maximum absolute atomic E-state index is 8.77. The van der Waals surface area contributed by atoms with E-state index in [9.17, 15) is 0 Å². The van der Waals surface area contributed by atoms with E-state index in [2.05, 4.69) is 0 Å². The molecular formula is C20H34O. The summed E-state index contributed by atoms with van der Waals surface area (Å²) < 4.78 is 0. The fourth-order valence-corrected chi connectivity index (χ4v) is 6.75. The Kier molecular flexibility index (Phi) is 4.31. The molecule has 0 unspecified atom stereocenters. The van der Waals surface area contributed by atoms with Crippen LogP contribution < -0.4 is 0 Å². The van der Waals surface area contributed by atoms with Crippen molar-refractivity contribution in [2.75, 3.05) is 6.61 Å². The maximum Gasteiger partial charge on any atom is 0.0431 e. The Bertz CT molecular complexity index is 346. The Morgan fingerprint density at radius 1 is 0.619 bits per heavy atom. The van der Waals surface area contributed by atoms with Crippen LogP contribution in [0, 0.1) is 41.4 Å². The monoisotopic (exact) mass is 290 g/mol. The van der Waals surface area contributed by atoms with Gasteiger partial charge in [-0.1, -0.05) is 44.9 Å². The van der Waals surface area contributed by atoms with Gasteiger partial charge in [-0.05, 0) is 73.5 Å². The number of hydrogen-bond donors (Lipinski definition) is 1. The van der Waals surface area contributed by atoms with E-state index in [1.165, 1.54) is 74.0 Å². The molecule has 1 heteroatoms. The minimum Gasteiger partial charge on any atom is -0.396 e. The summed E-state index contributed by atoms with van der Waals surface area (Å²) in [4.78, 5) is 0. The first-order chi connectivity index (χ1) is 10.4. The van der Waals surface area contributed by atoms with Crippen LogP contribution in [-0.4, -0.2) is 11.7 Å². The predicted octanol–water partition coefficient (Wildman–Crippen LogP) is 5.03. The predicted molar refractivity (Wildman–Crippen MR) is 86.9 cm³/mol. The molecule has 4 aliphatic rings. The third-order valence-corrected chi connectivity index (χ3v) is 7.89.